The van der Waals surface area contributed by atoms with Crippen LogP contribution < -0.4 is 0 Å². The molecule has 0 N–H and O–H groups in total. The van der Waals surface area contributed by atoms with E-state index < -0.39 is 0 Å². The quantitative estimate of drug-likeness (QED) is 0.632. The van der Waals surface area contributed by atoms with Gasteiger partial charge in [-0.3, -0.25) is 4.40 Å². The largest absolute Gasteiger partial charge is 0.285 e. The summed E-state index contributed by atoms with van der Waals surface area (Å²) in [4.78, 5) is 10.3. The lowest BCUT2D eigenvalue weighted by Gasteiger charge is -2.14. The van der Waals surface area contributed by atoms with Gasteiger partial charge in [-0.1, -0.05) is 18.2 Å². The molecule has 3 aromatic rings. The first-order valence-corrected chi connectivity index (χ1v) is 7.35. The maximum atomic E-state index is 4.65. The molecule has 0 fully saturated rings. The Kier molecular flexibility index (Phi) is 2.25. The highest BCUT2D eigenvalue weighted by Crippen LogP contribution is 2.40. The number of hydrogen-bond donors (Lipinski definition) is 0. The van der Waals surface area contributed by atoms with Crippen molar-refractivity contribution in [2.24, 2.45) is 0 Å². The van der Waals surface area contributed by atoms with Gasteiger partial charge in [-0.15, -0.1) is 11.8 Å². The topological polar surface area (TPSA) is 30.2 Å². The SMILES string of the molecule is Brc1cnc2nc3c(n2c1)CSc1ccccc1-3. The van der Waals surface area contributed by atoms with E-state index in [9.17, 15) is 0 Å². The van der Waals surface area contributed by atoms with E-state index >= 15 is 0 Å². The molecule has 0 amide bonds. The summed E-state index contributed by atoms with van der Waals surface area (Å²) in [6.07, 6.45) is 3.81. The van der Waals surface area contributed by atoms with E-state index in [2.05, 4.69) is 54.6 Å². The van der Waals surface area contributed by atoms with Gasteiger partial charge >= 0.3 is 0 Å². The van der Waals surface area contributed by atoms with Gasteiger partial charge < -0.3 is 0 Å². The van der Waals surface area contributed by atoms with Crippen LogP contribution in [0.4, 0.5) is 0 Å². The first kappa shape index (κ1) is 10.6. The standard InChI is InChI=1S/C13H8BrN3S/c14-8-5-15-13-16-12-9-3-1-2-4-11(9)18-7-10(12)17(13)6-8/h1-6H,7H2. The van der Waals surface area contributed by atoms with Crippen molar-refractivity contribution in [3.63, 3.8) is 0 Å². The molecule has 0 saturated carbocycles. The molecule has 18 heavy (non-hydrogen) atoms. The van der Waals surface area contributed by atoms with Crippen LogP contribution in [0, 0.1) is 0 Å². The maximum absolute atomic E-state index is 4.65. The zero-order chi connectivity index (χ0) is 12.1. The molecule has 0 saturated heterocycles. The molecule has 5 heteroatoms. The zero-order valence-corrected chi connectivity index (χ0v) is 11.7. The molecular formula is C13H8BrN3S. The summed E-state index contributed by atoms with van der Waals surface area (Å²) >= 11 is 5.31. The van der Waals surface area contributed by atoms with Gasteiger partial charge in [0.2, 0.25) is 5.78 Å². The predicted molar refractivity (Wildman–Crippen MR) is 75.7 cm³/mol. The monoisotopic (exact) mass is 317 g/mol. The summed E-state index contributed by atoms with van der Waals surface area (Å²) in [7, 11) is 0. The van der Waals surface area contributed by atoms with Crippen LogP contribution in [0.1, 0.15) is 5.69 Å². The number of hydrogen-bond acceptors (Lipinski definition) is 3. The van der Waals surface area contributed by atoms with Crippen LogP contribution in [0.3, 0.4) is 0 Å². The van der Waals surface area contributed by atoms with Crippen molar-refractivity contribution < 1.29 is 0 Å². The number of aromatic nitrogens is 3. The Morgan fingerprint density at radius 2 is 2.17 bits per heavy atom. The smallest absolute Gasteiger partial charge is 0.234 e. The second-order valence-electron chi connectivity index (χ2n) is 4.13. The van der Waals surface area contributed by atoms with Gasteiger partial charge in [-0.05, 0) is 22.0 Å². The van der Waals surface area contributed by atoms with Crippen molar-refractivity contribution in [3.05, 3.63) is 46.8 Å². The van der Waals surface area contributed by atoms with Crippen LogP contribution >= 0.6 is 27.7 Å². The Morgan fingerprint density at radius 1 is 1.28 bits per heavy atom. The van der Waals surface area contributed by atoms with Gasteiger partial charge in [0, 0.05) is 28.6 Å². The molecule has 1 aliphatic heterocycles. The van der Waals surface area contributed by atoms with Gasteiger partial charge in [0.1, 0.15) is 0 Å². The third kappa shape index (κ3) is 1.44. The van der Waals surface area contributed by atoms with Crippen molar-refractivity contribution >= 4 is 33.5 Å². The molecule has 0 aliphatic carbocycles. The van der Waals surface area contributed by atoms with Crippen LogP contribution in [0.5, 0.6) is 0 Å². The Morgan fingerprint density at radius 3 is 3.11 bits per heavy atom. The summed E-state index contributed by atoms with van der Waals surface area (Å²) < 4.78 is 3.04. The molecule has 0 atom stereocenters. The van der Waals surface area contributed by atoms with Crippen LogP contribution in [0.2, 0.25) is 0 Å². The highest BCUT2D eigenvalue weighted by molar-refractivity contribution is 9.10. The number of benzene rings is 1. The summed E-state index contributed by atoms with van der Waals surface area (Å²) in [6, 6.07) is 8.40. The lowest BCUT2D eigenvalue weighted by atomic mass is 10.1. The third-order valence-corrected chi connectivity index (χ3v) is 4.55. The number of halogens is 1. The number of imidazole rings is 1. The molecule has 0 bridgehead atoms. The first-order valence-electron chi connectivity index (χ1n) is 5.57. The van der Waals surface area contributed by atoms with E-state index in [1.165, 1.54) is 16.2 Å². The molecule has 0 unspecified atom stereocenters. The van der Waals surface area contributed by atoms with Gasteiger partial charge in [0.05, 0.1) is 15.9 Å². The molecule has 0 spiro atoms. The fourth-order valence-electron chi connectivity index (χ4n) is 2.24. The number of fused-ring (bicyclic) bond motifs is 5. The van der Waals surface area contributed by atoms with Crippen molar-refractivity contribution in [1.29, 1.82) is 0 Å². The second-order valence-corrected chi connectivity index (χ2v) is 6.07. The van der Waals surface area contributed by atoms with E-state index in [1.54, 1.807) is 6.20 Å². The molecule has 0 radical (unpaired) electrons. The Labute approximate surface area is 116 Å². The lowest BCUT2D eigenvalue weighted by molar-refractivity contribution is 1.04. The van der Waals surface area contributed by atoms with Crippen molar-refractivity contribution in [2.45, 2.75) is 10.6 Å². The molecule has 4 rings (SSSR count). The highest BCUT2D eigenvalue weighted by atomic mass is 79.9. The summed E-state index contributed by atoms with van der Waals surface area (Å²) in [5.74, 6) is 1.70. The zero-order valence-electron chi connectivity index (χ0n) is 9.30. The summed E-state index contributed by atoms with van der Waals surface area (Å²) in [5.41, 5.74) is 3.50. The van der Waals surface area contributed by atoms with E-state index in [0.29, 0.717) is 0 Å². The predicted octanol–water partition coefficient (Wildman–Crippen LogP) is 3.76. The van der Waals surface area contributed by atoms with E-state index in [0.717, 1.165) is 21.7 Å². The fourth-order valence-corrected chi connectivity index (χ4v) is 3.61. The molecular weight excluding hydrogens is 310 g/mol. The average molecular weight is 318 g/mol. The van der Waals surface area contributed by atoms with Gasteiger partial charge in [-0.2, -0.15) is 0 Å². The Hall–Kier alpha value is -1.33. The molecule has 3 nitrogen and oxygen atoms in total. The number of thioether (sulfide) groups is 1. The van der Waals surface area contributed by atoms with Gasteiger partial charge in [-0.25, -0.2) is 9.97 Å². The Balaban J connectivity index is 2.08. The number of nitrogens with zero attached hydrogens (tertiary/aromatic N) is 3. The van der Waals surface area contributed by atoms with Crippen LogP contribution in [-0.2, 0) is 5.75 Å². The normalized spacial score (nSPS) is 13.4. The minimum atomic E-state index is 0.764. The Bertz CT molecular complexity index is 766. The van der Waals surface area contributed by atoms with Crippen LogP contribution in [0.15, 0.2) is 46.0 Å². The highest BCUT2D eigenvalue weighted by Gasteiger charge is 2.22. The molecule has 2 aromatic heterocycles. The minimum Gasteiger partial charge on any atom is -0.285 e. The van der Waals surface area contributed by atoms with Crippen molar-refractivity contribution in [3.8, 4) is 11.3 Å². The molecule has 1 aliphatic rings. The second kappa shape index (κ2) is 3.83. The van der Waals surface area contributed by atoms with Crippen LogP contribution in [-0.4, -0.2) is 14.4 Å². The van der Waals surface area contributed by atoms with Crippen molar-refractivity contribution in [1.82, 2.24) is 14.4 Å². The third-order valence-electron chi connectivity index (χ3n) is 3.05. The maximum Gasteiger partial charge on any atom is 0.234 e. The summed E-state index contributed by atoms with van der Waals surface area (Å²) in [5, 5.41) is 0. The van der Waals surface area contributed by atoms with Gasteiger partial charge in [0.25, 0.3) is 0 Å². The lowest BCUT2D eigenvalue weighted by Crippen LogP contribution is -1.98. The van der Waals surface area contributed by atoms with E-state index in [4.69, 9.17) is 0 Å². The van der Waals surface area contributed by atoms with Crippen LogP contribution in [0.25, 0.3) is 17.0 Å². The van der Waals surface area contributed by atoms with Crippen molar-refractivity contribution in [2.75, 3.05) is 0 Å². The summed E-state index contributed by atoms with van der Waals surface area (Å²) in [6.45, 7) is 0. The van der Waals surface area contributed by atoms with Gasteiger partial charge in [0.15, 0.2) is 0 Å². The average Bonchev–Trinajstić information content (AvgIpc) is 2.77. The fraction of sp³-hybridized carbons (Fsp3) is 0.0769. The molecule has 1 aromatic carbocycles. The molecule has 3 heterocycles. The number of rotatable bonds is 0. The first-order chi connectivity index (χ1) is 8.83. The molecule has 88 valence electrons. The van der Waals surface area contributed by atoms with E-state index in [1.807, 2.05) is 18.0 Å². The van der Waals surface area contributed by atoms with E-state index in [-0.39, 0.29) is 0 Å². The minimum absolute atomic E-state index is 0.764.